The topological polar surface area (TPSA) is 71.1 Å². The Morgan fingerprint density at radius 3 is 2.07 bits per heavy atom. The number of esters is 2. The van der Waals surface area contributed by atoms with E-state index in [0.29, 0.717) is 13.2 Å². The van der Waals surface area contributed by atoms with Crippen LogP contribution in [0.4, 0.5) is 0 Å². The molecule has 0 bridgehead atoms. The Hall–Kier alpha value is -1.14. The normalized spacial score (nSPS) is 16.7. The lowest BCUT2D eigenvalue weighted by Crippen LogP contribution is -2.30. The Labute approximate surface area is 87.4 Å². The third-order valence-electron chi connectivity index (χ3n) is 2.09. The van der Waals surface area contributed by atoms with E-state index in [4.69, 9.17) is 9.47 Å². The van der Waals surface area contributed by atoms with Crippen LogP contribution in [0.2, 0.25) is 0 Å². The van der Waals surface area contributed by atoms with E-state index in [2.05, 4.69) is 9.47 Å². The van der Waals surface area contributed by atoms with Gasteiger partial charge in [0.2, 0.25) is 0 Å². The smallest absolute Gasteiger partial charge is 0.320 e. The van der Waals surface area contributed by atoms with Gasteiger partial charge < -0.3 is 18.9 Å². The van der Waals surface area contributed by atoms with Crippen LogP contribution in [0.15, 0.2) is 0 Å². The maximum absolute atomic E-state index is 11.3. The van der Waals surface area contributed by atoms with Crippen LogP contribution in [0.25, 0.3) is 0 Å². The lowest BCUT2D eigenvalue weighted by atomic mass is 10.1. The zero-order chi connectivity index (χ0) is 11.3. The highest BCUT2D eigenvalue weighted by Crippen LogP contribution is 2.17. The lowest BCUT2D eigenvalue weighted by molar-refractivity contribution is -0.163. The molecule has 15 heavy (non-hydrogen) atoms. The molecule has 0 aliphatic carbocycles. The van der Waals surface area contributed by atoms with Crippen LogP contribution >= 0.6 is 0 Å². The Balaban J connectivity index is 2.55. The Bertz CT molecular complexity index is 217. The van der Waals surface area contributed by atoms with Crippen molar-refractivity contribution >= 4 is 11.9 Å². The van der Waals surface area contributed by atoms with E-state index in [1.165, 1.54) is 14.2 Å². The van der Waals surface area contributed by atoms with Crippen molar-refractivity contribution in [1.29, 1.82) is 0 Å². The number of rotatable bonds is 4. The lowest BCUT2D eigenvalue weighted by Gasteiger charge is -2.15. The van der Waals surface area contributed by atoms with Crippen molar-refractivity contribution in [1.82, 2.24) is 0 Å². The van der Waals surface area contributed by atoms with Gasteiger partial charge in [-0.05, 0) is 0 Å². The highest BCUT2D eigenvalue weighted by atomic mass is 16.7. The van der Waals surface area contributed by atoms with Gasteiger partial charge in [-0.25, -0.2) is 0 Å². The minimum absolute atomic E-state index is 0.124. The molecule has 6 nitrogen and oxygen atoms in total. The Kier molecular flexibility index (Phi) is 4.51. The van der Waals surface area contributed by atoms with Gasteiger partial charge in [0.1, 0.15) is 0 Å². The van der Waals surface area contributed by atoms with Crippen molar-refractivity contribution in [3.63, 3.8) is 0 Å². The van der Waals surface area contributed by atoms with Gasteiger partial charge in [-0.2, -0.15) is 0 Å². The van der Waals surface area contributed by atoms with Gasteiger partial charge in [0.05, 0.1) is 27.4 Å². The highest BCUT2D eigenvalue weighted by Gasteiger charge is 2.33. The van der Waals surface area contributed by atoms with E-state index in [1.54, 1.807) is 0 Å². The fourth-order valence-corrected chi connectivity index (χ4v) is 1.31. The van der Waals surface area contributed by atoms with Gasteiger partial charge >= 0.3 is 11.9 Å². The van der Waals surface area contributed by atoms with Crippen LogP contribution in [0.3, 0.4) is 0 Å². The molecule has 6 heteroatoms. The zero-order valence-electron chi connectivity index (χ0n) is 8.73. The molecule has 0 radical (unpaired) electrons. The van der Waals surface area contributed by atoms with Crippen molar-refractivity contribution in [2.24, 2.45) is 5.92 Å². The summed E-state index contributed by atoms with van der Waals surface area (Å²) in [5.74, 6) is -2.26. The first-order valence-electron chi connectivity index (χ1n) is 4.58. The van der Waals surface area contributed by atoms with E-state index in [0.717, 1.165) is 0 Å². The zero-order valence-corrected chi connectivity index (χ0v) is 8.73. The minimum atomic E-state index is -0.983. The fraction of sp³-hybridized carbons (Fsp3) is 0.778. The second-order valence-electron chi connectivity index (χ2n) is 3.01. The molecule has 1 aliphatic heterocycles. The maximum atomic E-state index is 11.3. The number of carbonyl (C=O) groups is 2. The third kappa shape index (κ3) is 3.17. The molecule has 0 N–H and O–H groups in total. The quantitative estimate of drug-likeness (QED) is 0.477. The predicted octanol–water partition coefficient (Wildman–Crippen LogP) is -0.288. The van der Waals surface area contributed by atoms with Gasteiger partial charge in [0.15, 0.2) is 12.2 Å². The highest BCUT2D eigenvalue weighted by molar-refractivity contribution is 5.94. The predicted molar refractivity (Wildman–Crippen MR) is 47.8 cm³/mol. The first-order valence-corrected chi connectivity index (χ1v) is 4.58. The summed E-state index contributed by atoms with van der Waals surface area (Å²) in [6.45, 7) is 0.944. The average Bonchev–Trinajstić information content (AvgIpc) is 2.76. The van der Waals surface area contributed by atoms with E-state index in [1.807, 2.05) is 0 Å². The van der Waals surface area contributed by atoms with E-state index < -0.39 is 24.1 Å². The molecule has 0 spiro atoms. The molecule has 1 aliphatic rings. The maximum Gasteiger partial charge on any atom is 0.320 e. The van der Waals surface area contributed by atoms with Crippen molar-refractivity contribution in [3.05, 3.63) is 0 Å². The average molecular weight is 218 g/mol. The molecule has 1 heterocycles. The molecule has 0 unspecified atom stereocenters. The van der Waals surface area contributed by atoms with Gasteiger partial charge in [-0.1, -0.05) is 0 Å². The first-order chi connectivity index (χ1) is 7.19. The standard InChI is InChI=1S/C9H14O6/c1-12-8(10)6(9(11)13-2)5-7-14-3-4-15-7/h6-7H,3-5H2,1-2H3. The molecule has 86 valence electrons. The molecule has 0 aromatic carbocycles. The molecular formula is C9H14O6. The van der Waals surface area contributed by atoms with E-state index >= 15 is 0 Å². The summed E-state index contributed by atoms with van der Waals surface area (Å²) in [6.07, 6.45) is -0.410. The molecule has 1 fully saturated rings. The second kappa shape index (κ2) is 5.67. The van der Waals surface area contributed by atoms with Crippen LogP contribution < -0.4 is 0 Å². The monoisotopic (exact) mass is 218 g/mol. The van der Waals surface area contributed by atoms with Gasteiger partial charge in [-0.15, -0.1) is 0 Å². The third-order valence-corrected chi connectivity index (χ3v) is 2.09. The summed E-state index contributed by atoms with van der Waals surface area (Å²) in [5, 5.41) is 0. The second-order valence-corrected chi connectivity index (χ2v) is 3.01. The largest absolute Gasteiger partial charge is 0.468 e. The summed E-state index contributed by atoms with van der Waals surface area (Å²) >= 11 is 0. The van der Waals surface area contributed by atoms with Crippen LogP contribution in [-0.2, 0) is 28.5 Å². The molecule has 0 saturated carbocycles. The first kappa shape index (κ1) is 11.9. The number of ether oxygens (including phenoxy) is 4. The SMILES string of the molecule is COC(=O)C(CC1OCCO1)C(=O)OC. The van der Waals surface area contributed by atoms with Crippen molar-refractivity contribution < 1.29 is 28.5 Å². The molecule has 1 rings (SSSR count). The van der Waals surface area contributed by atoms with Crippen molar-refractivity contribution in [2.75, 3.05) is 27.4 Å². The van der Waals surface area contributed by atoms with Crippen LogP contribution in [0, 0.1) is 5.92 Å². The van der Waals surface area contributed by atoms with Crippen LogP contribution in [-0.4, -0.2) is 45.7 Å². The summed E-state index contributed by atoms with van der Waals surface area (Å²) in [4.78, 5) is 22.5. The van der Waals surface area contributed by atoms with E-state index in [9.17, 15) is 9.59 Å². The van der Waals surface area contributed by atoms with Crippen LogP contribution in [0.1, 0.15) is 6.42 Å². The molecular weight excluding hydrogens is 204 g/mol. The Morgan fingerprint density at radius 2 is 1.67 bits per heavy atom. The number of hydrogen-bond donors (Lipinski definition) is 0. The molecule has 1 saturated heterocycles. The summed E-state index contributed by atoms with van der Waals surface area (Å²) in [5.41, 5.74) is 0. The van der Waals surface area contributed by atoms with Crippen molar-refractivity contribution in [2.45, 2.75) is 12.7 Å². The summed E-state index contributed by atoms with van der Waals surface area (Å²) in [6, 6.07) is 0. The Morgan fingerprint density at radius 1 is 1.20 bits per heavy atom. The molecule has 0 amide bonds. The van der Waals surface area contributed by atoms with Crippen molar-refractivity contribution in [3.8, 4) is 0 Å². The number of carbonyl (C=O) groups excluding carboxylic acids is 2. The minimum Gasteiger partial charge on any atom is -0.468 e. The molecule has 0 aromatic rings. The molecule has 0 aromatic heterocycles. The van der Waals surface area contributed by atoms with Gasteiger partial charge in [0, 0.05) is 6.42 Å². The van der Waals surface area contributed by atoms with E-state index in [-0.39, 0.29) is 6.42 Å². The number of methoxy groups -OCH3 is 2. The van der Waals surface area contributed by atoms with Gasteiger partial charge in [0.25, 0.3) is 0 Å². The summed E-state index contributed by atoms with van der Waals surface area (Å²) in [7, 11) is 2.43. The summed E-state index contributed by atoms with van der Waals surface area (Å²) < 4.78 is 19.3. The molecule has 0 atom stereocenters. The number of hydrogen-bond acceptors (Lipinski definition) is 6. The fourth-order valence-electron chi connectivity index (χ4n) is 1.31. The van der Waals surface area contributed by atoms with Gasteiger partial charge in [-0.3, -0.25) is 9.59 Å². The van der Waals surface area contributed by atoms with Crippen LogP contribution in [0.5, 0.6) is 0 Å².